The predicted octanol–water partition coefficient (Wildman–Crippen LogP) is 2.45. The third kappa shape index (κ3) is 6.23. The summed E-state index contributed by atoms with van der Waals surface area (Å²) in [6.45, 7) is 5.60. The van der Waals surface area contributed by atoms with Crippen LogP contribution in [0, 0.1) is 0 Å². The number of amides is 1. The predicted molar refractivity (Wildman–Crippen MR) is 93.1 cm³/mol. The van der Waals surface area contributed by atoms with E-state index in [2.05, 4.69) is 6.58 Å². The molecular weight excluding hydrogens is 338 g/mol. The van der Waals surface area contributed by atoms with E-state index in [1.54, 1.807) is 4.90 Å². The minimum atomic E-state index is -0.627. The van der Waals surface area contributed by atoms with Gasteiger partial charge in [0.15, 0.2) is 6.61 Å². The number of benzene rings is 1. The minimum absolute atomic E-state index is 0.222. The molecule has 1 aromatic rings. The maximum atomic E-state index is 12.1. The second kappa shape index (κ2) is 9.60. The standard InChI is InChI=1S/C19H23NO6/c1-14(2)18(22)24-13-17(21)26-16-8-10-20(11-9-16)19(23)25-12-15-6-4-3-5-7-15/h3-7,16H,1,8-13H2,2H3. The van der Waals surface area contributed by atoms with E-state index in [0.29, 0.717) is 25.9 Å². The van der Waals surface area contributed by atoms with Crippen LogP contribution in [0.4, 0.5) is 4.79 Å². The summed E-state index contributed by atoms with van der Waals surface area (Å²) < 4.78 is 15.3. The van der Waals surface area contributed by atoms with Crippen molar-refractivity contribution < 1.29 is 28.6 Å². The highest BCUT2D eigenvalue weighted by Crippen LogP contribution is 2.15. The largest absolute Gasteiger partial charge is 0.460 e. The van der Waals surface area contributed by atoms with Crippen LogP contribution in [0.3, 0.4) is 0 Å². The molecule has 1 heterocycles. The van der Waals surface area contributed by atoms with Gasteiger partial charge in [0.1, 0.15) is 12.7 Å². The summed E-state index contributed by atoms with van der Waals surface area (Å²) in [5.41, 5.74) is 1.15. The van der Waals surface area contributed by atoms with Crippen LogP contribution in [0.1, 0.15) is 25.3 Å². The van der Waals surface area contributed by atoms with Crippen molar-refractivity contribution in [3.63, 3.8) is 0 Å². The van der Waals surface area contributed by atoms with Gasteiger partial charge in [0.2, 0.25) is 0 Å². The molecule has 7 nitrogen and oxygen atoms in total. The average molecular weight is 361 g/mol. The molecule has 0 aromatic heterocycles. The molecule has 1 aromatic carbocycles. The maximum Gasteiger partial charge on any atom is 0.410 e. The molecule has 1 fully saturated rings. The van der Waals surface area contributed by atoms with Gasteiger partial charge < -0.3 is 19.1 Å². The molecular formula is C19H23NO6. The van der Waals surface area contributed by atoms with E-state index in [-0.39, 0.29) is 24.4 Å². The molecule has 0 bridgehead atoms. The molecule has 1 saturated heterocycles. The third-order valence-corrected chi connectivity index (χ3v) is 3.87. The fraction of sp³-hybridized carbons (Fsp3) is 0.421. The van der Waals surface area contributed by atoms with E-state index in [1.165, 1.54) is 6.92 Å². The zero-order valence-electron chi connectivity index (χ0n) is 14.8. The maximum absolute atomic E-state index is 12.1. The summed E-state index contributed by atoms with van der Waals surface area (Å²) in [4.78, 5) is 36.6. The van der Waals surface area contributed by atoms with Crippen LogP contribution in [0.25, 0.3) is 0 Å². The van der Waals surface area contributed by atoms with Crippen LogP contribution in [0.5, 0.6) is 0 Å². The van der Waals surface area contributed by atoms with Crippen molar-refractivity contribution in [2.45, 2.75) is 32.5 Å². The number of ether oxygens (including phenoxy) is 3. The number of rotatable bonds is 6. The Morgan fingerprint density at radius 2 is 1.77 bits per heavy atom. The number of piperidine rings is 1. The van der Waals surface area contributed by atoms with Gasteiger partial charge in [-0.2, -0.15) is 0 Å². The van der Waals surface area contributed by atoms with Gasteiger partial charge in [-0.15, -0.1) is 0 Å². The summed E-state index contributed by atoms with van der Waals surface area (Å²) in [6.07, 6.45) is 0.347. The van der Waals surface area contributed by atoms with Crippen molar-refractivity contribution >= 4 is 18.0 Å². The van der Waals surface area contributed by atoms with Gasteiger partial charge in [0, 0.05) is 31.5 Å². The number of carbonyl (C=O) groups excluding carboxylic acids is 3. The Morgan fingerprint density at radius 1 is 1.12 bits per heavy atom. The number of nitrogens with zero attached hydrogens (tertiary/aromatic N) is 1. The first-order valence-corrected chi connectivity index (χ1v) is 8.43. The van der Waals surface area contributed by atoms with Gasteiger partial charge in [0.05, 0.1) is 0 Å². The lowest BCUT2D eigenvalue weighted by Gasteiger charge is -2.30. The molecule has 0 unspecified atom stereocenters. The van der Waals surface area contributed by atoms with Gasteiger partial charge in [-0.1, -0.05) is 36.9 Å². The molecule has 7 heteroatoms. The van der Waals surface area contributed by atoms with Crippen molar-refractivity contribution in [2.24, 2.45) is 0 Å². The smallest absolute Gasteiger partial charge is 0.410 e. The summed E-state index contributed by atoms with van der Waals surface area (Å²) in [5.74, 6) is -1.23. The lowest BCUT2D eigenvalue weighted by atomic mass is 10.1. The second-order valence-electron chi connectivity index (χ2n) is 6.07. The van der Waals surface area contributed by atoms with Crippen molar-refractivity contribution in [1.29, 1.82) is 0 Å². The first-order valence-electron chi connectivity index (χ1n) is 8.43. The van der Waals surface area contributed by atoms with Crippen molar-refractivity contribution in [1.82, 2.24) is 4.90 Å². The van der Waals surface area contributed by atoms with Crippen molar-refractivity contribution in [3.05, 3.63) is 48.0 Å². The van der Waals surface area contributed by atoms with E-state index >= 15 is 0 Å². The minimum Gasteiger partial charge on any atom is -0.460 e. The molecule has 0 aliphatic carbocycles. The van der Waals surface area contributed by atoms with Crippen LogP contribution in [-0.2, 0) is 30.4 Å². The van der Waals surface area contributed by atoms with E-state index < -0.39 is 18.5 Å². The Kier molecular flexibility index (Phi) is 7.20. The molecule has 2 rings (SSSR count). The third-order valence-electron chi connectivity index (χ3n) is 3.87. The first kappa shape index (κ1) is 19.5. The van der Waals surface area contributed by atoms with Gasteiger partial charge in [0.25, 0.3) is 0 Å². The molecule has 0 saturated carbocycles. The molecule has 0 N–H and O–H groups in total. The normalized spacial score (nSPS) is 14.4. The first-order chi connectivity index (χ1) is 12.5. The Balaban J connectivity index is 1.66. The highest BCUT2D eigenvalue weighted by Gasteiger charge is 2.26. The number of hydrogen-bond acceptors (Lipinski definition) is 6. The van der Waals surface area contributed by atoms with E-state index in [0.717, 1.165) is 5.56 Å². The monoisotopic (exact) mass is 361 g/mol. The molecule has 26 heavy (non-hydrogen) atoms. The summed E-state index contributed by atoms with van der Waals surface area (Å²) in [5, 5.41) is 0. The topological polar surface area (TPSA) is 82.1 Å². The van der Waals surface area contributed by atoms with Crippen LogP contribution in [-0.4, -0.2) is 48.7 Å². The van der Waals surface area contributed by atoms with E-state index in [1.807, 2.05) is 30.3 Å². The zero-order valence-corrected chi connectivity index (χ0v) is 14.8. The molecule has 140 valence electrons. The quantitative estimate of drug-likeness (QED) is 0.440. The molecule has 0 spiro atoms. The van der Waals surface area contributed by atoms with Crippen LogP contribution >= 0.6 is 0 Å². The van der Waals surface area contributed by atoms with E-state index in [4.69, 9.17) is 14.2 Å². The van der Waals surface area contributed by atoms with Gasteiger partial charge in [-0.3, -0.25) is 0 Å². The number of esters is 2. The molecule has 0 radical (unpaired) electrons. The van der Waals surface area contributed by atoms with Crippen molar-refractivity contribution in [2.75, 3.05) is 19.7 Å². The van der Waals surface area contributed by atoms with Gasteiger partial charge in [-0.05, 0) is 12.5 Å². The summed E-state index contributed by atoms with van der Waals surface area (Å²) in [6, 6.07) is 9.45. The summed E-state index contributed by atoms with van der Waals surface area (Å²) in [7, 11) is 0. The lowest BCUT2D eigenvalue weighted by Crippen LogP contribution is -2.42. The fourth-order valence-corrected chi connectivity index (χ4v) is 2.43. The number of hydrogen-bond donors (Lipinski definition) is 0. The Morgan fingerprint density at radius 3 is 2.38 bits per heavy atom. The van der Waals surface area contributed by atoms with Crippen LogP contribution in [0.2, 0.25) is 0 Å². The Hall–Kier alpha value is -2.83. The second-order valence-corrected chi connectivity index (χ2v) is 6.07. The van der Waals surface area contributed by atoms with Gasteiger partial charge in [-0.25, -0.2) is 14.4 Å². The Bertz CT molecular complexity index is 649. The van der Waals surface area contributed by atoms with Crippen molar-refractivity contribution in [3.8, 4) is 0 Å². The molecule has 0 atom stereocenters. The fourth-order valence-electron chi connectivity index (χ4n) is 2.43. The lowest BCUT2D eigenvalue weighted by molar-refractivity contribution is -0.161. The highest BCUT2D eigenvalue weighted by molar-refractivity contribution is 5.88. The number of carbonyl (C=O) groups is 3. The molecule has 1 aliphatic heterocycles. The van der Waals surface area contributed by atoms with Crippen LogP contribution < -0.4 is 0 Å². The SMILES string of the molecule is C=C(C)C(=O)OCC(=O)OC1CCN(C(=O)OCc2ccccc2)CC1. The Labute approximate surface area is 152 Å². The number of likely N-dealkylation sites (tertiary alicyclic amines) is 1. The van der Waals surface area contributed by atoms with E-state index in [9.17, 15) is 14.4 Å². The van der Waals surface area contributed by atoms with Gasteiger partial charge >= 0.3 is 18.0 Å². The molecule has 1 amide bonds. The molecule has 1 aliphatic rings. The summed E-state index contributed by atoms with van der Waals surface area (Å²) >= 11 is 0. The highest BCUT2D eigenvalue weighted by atomic mass is 16.6. The average Bonchev–Trinajstić information content (AvgIpc) is 2.65. The zero-order chi connectivity index (χ0) is 18.9. The van der Waals surface area contributed by atoms with Crippen LogP contribution in [0.15, 0.2) is 42.5 Å².